The van der Waals surface area contributed by atoms with Gasteiger partial charge in [-0.05, 0) is 59.2 Å². The van der Waals surface area contributed by atoms with Gasteiger partial charge in [0.15, 0.2) is 0 Å². The van der Waals surface area contributed by atoms with Crippen LogP contribution in [0, 0.1) is 0 Å². The maximum Gasteiger partial charge on any atom is 0.143 e. The molecule has 0 atom stereocenters. The molecule has 0 fully saturated rings. The summed E-state index contributed by atoms with van der Waals surface area (Å²) >= 11 is 1.72. The van der Waals surface area contributed by atoms with Gasteiger partial charge in [0.2, 0.25) is 0 Å². The van der Waals surface area contributed by atoms with E-state index >= 15 is 0 Å². The Morgan fingerprint density at radius 1 is 0.468 bits per heavy atom. The van der Waals surface area contributed by atoms with Gasteiger partial charge in [0.1, 0.15) is 16.2 Å². The highest BCUT2D eigenvalue weighted by Crippen LogP contribution is 2.41. The standard InChI is InChI=1S/C43H28N2OS/c1-4-11-29(12-5-1)30-19-23-34(24-20-30)45(33-15-8-3-9-16-33)35-25-21-31(22-26-35)36-17-10-18-37-38-27-41-39(28-40(38)46-42(36)37)44-43(47-41)32-13-6-2-7-14-32/h1-28H. The smallest absolute Gasteiger partial charge is 0.143 e. The number of hydrogen-bond donors (Lipinski definition) is 0. The summed E-state index contributed by atoms with van der Waals surface area (Å²) in [6, 6.07) is 59.7. The molecular weight excluding hydrogens is 593 g/mol. The summed E-state index contributed by atoms with van der Waals surface area (Å²) in [6.07, 6.45) is 0. The topological polar surface area (TPSA) is 29.3 Å². The zero-order valence-corrected chi connectivity index (χ0v) is 26.2. The number of hydrogen-bond acceptors (Lipinski definition) is 4. The van der Waals surface area contributed by atoms with Crippen LogP contribution in [-0.2, 0) is 0 Å². The van der Waals surface area contributed by atoms with Gasteiger partial charge in [-0.15, -0.1) is 11.3 Å². The molecule has 0 bridgehead atoms. The van der Waals surface area contributed by atoms with Crippen molar-refractivity contribution in [3.05, 3.63) is 170 Å². The van der Waals surface area contributed by atoms with E-state index in [9.17, 15) is 0 Å². The molecule has 0 radical (unpaired) electrons. The summed E-state index contributed by atoms with van der Waals surface area (Å²) in [5.41, 5.74) is 11.7. The Morgan fingerprint density at radius 2 is 1.04 bits per heavy atom. The van der Waals surface area contributed by atoms with Crippen LogP contribution in [0.3, 0.4) is 0 Å². The summed E-state index contributed by atoms with van der Waals surface area (Å²) in [5.74, 6) is 0. The van der Waals surface area contributed by atoms with Crippen LogP contribution in [0.4, 0.5) is 17.1 Å². The quantitative estimate of drug-likeness (QED) is 0.185. The summed E-state index contributed by atoms with van der Waals surface area (Å²) in [6.45, 7) is 0. The normalized spacial score (nSPS) is 11.4. The lowest BCUT2D eigenvalue weighted by atomic mass is 10.0. The molecule has 0 N–H and O–H groups in total. The van der Waals surface area contributed by atoms with Gasteiger partial charge in [-0.25, -0.2) is 4.98 Å². The van der Waals surface area contributed by atoms with Crippen LogP contribution < -0.4 is 4.90 Å². The predicted molar refractivity (Wildman–Crippen MR) is 198 cm³/mol. The Kier molecular flexibility index (Phi) is 6.65. The number of anilines is 3. The lowest BCUT2D eigenvalue weighted by molar-refractivity contribution is 0.670. The van der Waals surface area contributed by atoms with E-state index in [1.807, 2.05) is 6.07 Å². The highest BCUT2D eigenvalue weighted by molar-refractivity contribution is 7.21. The molecule has 0 aliphatic heterocycles. The van der Waals surface area contributed by atoms with E-state index in [4.69, 9.17) is 9.40 Å². The van der Waals surface area contributed by atoms with E-state index in [1.165, 1.54) is 11.1 Å². The van der Waals surface area contributed by atoms with Gasteiger partial charge < -0.3 is 9.32 Å². The maximum atomic E-state index is 6.58. The minimum atomic E-state index is 0.857. The van der Waals surface area contributed by atoms with Crippen molar-refractivity contribution in [2.75, 3.05) is 4.90 Å². The minimum absolute atomic E-state index is 0.857. The second-order valence-electron chi connectivity index (χ2n) is 11.6. The first kappa shape index (κ1) is 27.3. The molecule has 2 heterocycles. The van der Waals surface area contributed by atoms with E-state index < -0.39 is 0 Å². The van der Waals surface area contributed by atoms with Gasteiger partial charge in [0, 0.05) is 45.0 Å². The first-order valence-electron chi connectivity index (χ1n) is 15.7. The molecule has 0 aliphatic carbocycles. The Morgan fingerprint density at radius 3 is 1.72 bits per heavy atom. The Balaban J connectivity index is 1.09. The lowest BCUT2D eigenvalue weighted by Crippen LogP contribution is -2.09. The third-order valence-corrected chi connectivity index (χ3v) is 9.78. The van der Waals surface area contributed by atoms with E-state index in [-0.39, 0.29) is 0 Å². The van der Waals surface area contributed by atoms with Crippen LogP contribution in [-0.4, -0.2) is 4.98 Å². The lowest BCUT2D eigenvalue weighted by Gasteiger charge is -2.26. The third kappa shape index (κ3) is 4.96. The molecule has 0 amide bonds. The average molecular weight is 621 g/mol. The van der Waals surface area contributed by atoms with Crippen LogP contribution in [0.5, 0.6) is 0 Å². The first-order valence-corrected chi connectivity index (χ1v) is 16.5. The Labute approximate surface area is 276 Å². The summed E-state index contributed by atoms with van der Waals surface area (Å²) < 4.78 is 7.74. The van der Waals surface area contributed by atoms with Crippen molar-refractivity contribution in [3.8, 4) is 32.8 Å². The number of thiazole rings is 1. The molecule has 9 rings (SSSR count). The van der Waals surface area contributed by atoms with Gasteiger partial charge in [-0.3, -0.25) is 0 Å². The van der Waals surface area contributed by atoms with E-state index in [1.54, 1.807) is 11.3 Å². The zero-order valence-electron chi connectivity index (χ0n) is 25.4. The second-order valence-corrected chi connectivity index (χ2v) is 12.6. The molecule has 0 aliphatic rings. The van der Waals surface area contributed by atoms with E-state index in [0.717, 1.165) is 70.9 Å². The fourth-order valence-electron chi connectivity index (χ4n) is 6.40. The van der Waals surface area contributed by atoms with Crippen molar-refractivity contribution in [1.82, 2.24) is 4.98 Å². The van der Waals surface area contributed by atoms with Crippen LogP contribution in [0.15, 0.2) is 174 Å². The highest BCUT2D eigenvalue weighted by atomic mass is 32.1. The molecule has 47 heavy (non-hydrogen) atoms. The second kappa shape index (κ2) is 11.4. The molecule has 222 valence electrons. The average Bonchev–Trinajstić information content (AvgIpc) is 3.73. The first-order chi connectivity index (χ1) is 23.3. The van der Waals surface area contributed by atoms with Crippen molar-refractivity contribution >= 4 is 60.6 Å². The molecular formula is C43H28N2OS. The monoisotopic (exact) mass is 620 g/mol. The van der Waals surface area contributed by atoms with Crippen LogP contribution in [0.25, 0.3) is 65.0 Å². The number of aromatic nitrogens is 1. The number of para-hydroxylation sites is 2. The van der Waals surface area contributed by atoms with Gasteiger partial charge in [0.05, 0.1) is 10.2 Å². The SMILES string of the molecule is c1ccc(-c2ccc(N(c3ccccc3)c3ccc(-c4cccc5c4oc4cc6nc(-c7ccccc7)sc6cc45)cc3)cc2)cc1. The third-order valence-electron chi connectivity index (χ3n) is 8.71. The molecule has 0 unspecified atom stereocenters. The van der Waals surface area contributed by atoms with Crippen molar-refractivity contribution in [2.45, 2.75) is 0 Å². The van der Waals surface area contributed by atoms with Gasteiger partial charge in [0.25, 0.3) is 0 Å². The predicted octanol–water partition coefficient (Wildman–Crippen LogP) is 12.7. The molecule has 4 heteroatoms. The Hall–Kier alpha value is -5.97. The summed E-state index contributed by atoms with van der Waals surface area (Å²) in [7, 11) is 0. The van der Waals surface area contributed by atoms with E-state index in [2.05, 4.69) is 169 Å². The van der Waals surface area contributed by atoms with Crippen LogP contribution in [0.2, 0.25) is 0 Å². The zero-order chi connectivity index (χ0) is 31.2. The Bertz CT molecular complexity index is 2480. The number of rotatable bonds is 6. The molecule has 7 aromatic carbocycles. The minimum Gasteiger partial charge on any atom is -0.455 e. The van der Waals surface area contributed by atoms with Crippen LogP contribution in [0.1, 0.15) is 0 Å². The molecule has 0 spiro atoms. The summed E-state index contributed by atoms with van der Waals surface area (Å²) in [5, 5.41) is 3.25. The van der Waals surface area contributed by atoms with Crippen molar-refractivity contribution in [1.29, 1.82) is 0 Å². The van der Waals surface area contributed by atoms with Crippen LogP contribution >= 0.6 is 11.3 Å². The van der Waals surface area contributed by atoms with Crippen molar-refractivity contribution in [3.63, 3.8) is 0 Å². The molecule has 2 aromatic heterocycles. The number of nitrogens with zero attached hydrogens (tertiary/aromatic N) is 2. The number of furan rings is 1. The van der Waals surface area contributed by atoms with Crippen molar-refractivity contribution < 1.29 is 4.42 Å². The fraction of sp³-hybridized carbons (Fsp3) is 0. The largest absolute Gasteiger partial charge is 0.455 e. The highest BCUT2D eigenvalue weighted by Gasteiger charge is 2.17. The van der Waals surface area contributed by atoms with Gasteiger partial charge >= 0.3 is 0 Å². The maximum absolute atomic E-state index is 6.58. The van der Waals surface area contributed by atoms with E-state index in [0.29, 0.717) is 0 Å². The fourth-order valence-corrected chi connectivity index (χ4v) is 7.39. The summed E-state index contributed by atoms with van der Waals surface area (Å²) in [4.78, 5) is 7.23. The van der Waals surface area contributed by atoms with Gasteiger partial charge in [-0.1, -0.05) is 121 Å². The molecule has 3 nitrogen and oxygen atoms in total. The number of benzene rings is 7. The van der Waals surface area contributed by atoms with Crippen molar-refractivity contribution in [2.24, 2.45) is 0 Å². The molecule has 0 saturated carbocycles. The van der Waals surface area contributed by atoms with Gasteiger partial charge in [-0.2, -0.15) is 0 Å². The number of fused-ring (bicyclic) bond motifs is 4. The molecule has 9 aromatic rings. The molecule has 0 saturated heterocycles.